The molecule has 0 aliphatic carbocycles. The number of aliphatic hydroxyl groups excluding tert-OH is 1. The van der Waals surface area contributed by atoms with Crippen LogP contribution < -0.4 is 10.1 Å². The summed E-state index contributed by atoms with van der Waals surface area (Å²) in [6.45, 7) is -0.0277. The molecule has 0 aromatic heterocycles. The van der Waals surface area contributed by atoms with Crippen LogP contribution in [0.5, 0.6) is 5.75 Å². The topological polar surface area (TPSA) is 97.3 Å². The first-order valence-electron chi connectivity index (χ1n) is 16.7. The number of alkyl halides is 3. The van der Waals surface area contributed by atoms with Gasteiger partial charge in [0.05, 0.1) is 25.9 Å². The number of benzene rings is 4. The van der Waals surface area contributed by atoms with Crippen molar-refractivity contribution >= 4 is 23.6 Å². The lowest BCUT2D eigenvalue weighted by Crippen LogP contribution is -2.50. The molecule has 2 aliphatic rings. The normalized spacial score (nSPS) is 20.6. The number of para-hydroxylation sites is 1. The van der Waals surface area contributed by atoms with Crippen molar-refractivity contribution < 1.29 is 42.1 Å². The number of likely N-dealkylation sites (tertiary alicyclic amines) is 1. The van der Waals surface area contributed by atoms with Crippen molar-refractivity contribution in [3.05, 3.63) is 119 Å². The number of hydrogen-bond donors (Lipinski definition) is 2. The molecule has 0 bridgehead atoms. The van der Waals surface area contributed by atoms with Crippen LogP contribution in [-0.4, -0.2) is 59.6 Å². The highest BCUT2D eigenvalue weighted by atomic mass is 32.2. The highest BCUT2D eigenvalue weighted by molar-refractivity contribution is 7.99. The minimum Gasteiger partial charge on any atom is -0.496 e. The van der Waals surface area contributed by atoms with Crippen LogP contribution >= 0.6 is 11.8 Å². The first-order valence-corrected chi connectivity index (χ1v) is 17.7. The molecule has 0 radical (unpaired) electrons. The maximum Gasteiger partial charge on any atom is 0.471 e. The number of ether oxygens (including phenoxy) is 3. The van der Waals surface area contributed by atoms with Crippen LogP contribution in [0, 0.1) is 0 Å². The average molecular weight is 721 g/mol. The van der Waals surface area contributed by atoms with Crippen LogP contribution in [-0.2, 0) is 32.2 Å². The van der Waals surface area contributed by atoms with Crippen LogP contribution in [0.2, 0.25) is 0 Å². The SMILES string of the molecule is COc1ccccc1SC[C@@H]1C[C@H](c2ccc(CO)cc2)O[C@H](c2ccc(-c3cccc(CNC(=O)[C@@H]4CCCN4C(=O)C(F)(F)F)c3)cc2)O1. The number of halogens is 3. The maximum atomic E-state index is 13.0. The summed E-state index contributed by atoms with van der Waals surface area (Å²) in [6, 6.07) is 29.9. The van der Waals surface area contributed by atoms with Crippen LogP contribution in [0.25, 0.3) is 11.1 Å². The van der Waals surface area contributed by atoms with Gasteiger partial charge in [-0.25, -0.2) is 0 Å². The number of amides is 2. The van der Waals surface area contributed by atoms with Gasteiger partial charge >= 0.3 is 12.1 Å². The van der Waals surface area contributed by atoms with Crippen molar-refractivity contribution in [3.63, 3.8) is 0 Å². The number of carbonyl (C=O) groups is 2. The van der Waals surface area contributed by atoms with Crippen molar-refractivity contribution in [1.82, 2.24) is 10.2 Å². The van der Waals surface area contributed by atoms with E-state index in [1.165, 1.54) is 0 Å². The Bertz CT molecular complexity index is 1800. The second-order valence-corrected chi connectivity index (χ2v) is 13.6. The summed E-state index contributed by atoms with van der Waals surface area (Å²) in [5.74, 6) is -1.09. The number of thioether (sulfide) groups is 1. The van der Waals surface area contributed by atoms with Gasteiger partial charge in [0.2, 0.25) is 5.91 Å². The summed E-state index contributed by atoms with van der Waals surface area (Å²) in [5.41, 5.74) is 5.24. The van der Waals surface area contributed by atoms with E-state index in [4.69, 9.17) is 14.2 Å². The van der Waals surface area contributed by atoms with Gasteiger partial charge in [0.25, 0.3) is 0 Å². The fourth-order valence-corrected chi connectivity index (χ4v) is 7.44. The van der Waals surface area contributed by atoms with Crippen molar-refractivity contribution in [2.75, 3.05) is 19.4 Å². The fourth-order valence-electron chi connectivity index (χ4n) is 6.39. The van der Waals surface area contributed by atoms with E-state index in [2.05, 4.69) is 5.32 Å². The van der Waals surface area contributed by atoms with Crippen LogP contribution in [0.1, 0.15) is 53.9 Å². The molecule has 0 saturated carbocycles. The molecule has 2 amide bonds. The minimum absolute atomic E-state index is 0.0354. The van der Waals surface area contributed by atoms with E-state index in [0.717, 1.165) is 44.0 Å². The first-order chi connectivity index (χ1) is 24.6. The Hall–Kier alpha value is -4.36. The summed E-state index contributed by atoms with van der Waals surface area (Å²) < 4.78 is 57.6. The van der Waals surface area contributed by atoms with E-state index in [-0.39, 0.29) is 38.3 Å². The Kier molecular flexibility index (Phi) is 11.7. The summed E-state index contributed by atoms with van der Waals surface area (Å²) in [4.78, 5) is 26.2. The van der Waals surface area contributed by atoms with Gasteiger partial charge in [-0.05, 0) is 58.9 Å². The molecule has 0 unspecified atom stereocenters. The third-order valence-electron chi connectivity index (χ3n) is 9.08. The second kappa shape index (κ2) is 16.3. The molecule has 2 saturated heterocycles. The third kappa shape index (κ3) is 8.93. The molecule has 51 heavy (non-hydrogen) atoms. The average Bonchev–Trinajstić information content (AvgIpc) is 3.66. The summed E-state index contributed by atoms with van der Waals surface area (Å²) in [5, 5.41) is 12.2. The van der Waals surface area contributed by atoms with E-state index in [1.807, 2.05) is 97.1 Å². The lowest BCUT2D eigenvalue weighted by atomic mass is 9.99. The van der Waals surface area contributed by atoms with E-state index in [1.54, 1.807) is 18.9 Å². The molecule has 12 heteroatoms. The van der Waals surface area contributed by atoms with Gasteiger partial charge in [-0.1, -0.05) is 78.9 Å². The number of aliphatic hydroxyl groups is 1. The Morgan fingerprint density at radius 2 is 1.67 bits per heavy atom. The number of nitrogens with zero attached hydrogens (tertiary/aromatic N) is 1. The molecular weight excluding hydrogens is 681 g/mol. The number of methoxy groups -OCH3 is 1. The molecule has 2 aliphatic heterocycles. The molecule has 0 spiro atoms. The molecule has 2 fully saturated rings. The monoisotopic (exact) mass is 720 g/mol. The highest BCUT2D eigenvalue weighted by Gasteiger charge is 2.47. The highest BCUT2D eigenvalue weighted by Crippen LogP contribution is 2.41. The smallest absolute Gasteiger partial charge is 0.471 e. The van der Waals surface area contributed by atoms with Crippen LogP contribution in [0.3, 0.4) is 0 Å². The third-order valence-corrected chi connectivity index (χ3v) is 10.3. The van der Waals surface area contributed by atoms with Gasteiger partial charge in [0.1, 0.15) is 11.8 Å². The van der Waals surface area contributed by atoms with Crippen molar-refractivity contribution in [2.45, 2.75) is 68.0 Å². The number of hydrogen-bond acceptors (Lipinski definition) is 7. The fraction of sp³-hybridized carbons (Fsp3) is 0.333. The largest absolute Gasteiger partial charge is 0.496 e. The number of rotatable bonds is 11. The molecule has 2 N–H and O–H groups in total. The zero-order chi connectivity index (χ0) is 36.0. The minimum atomic E-state index is -5.02. The maximum absolute atomic E-state index is 13.0. The van der Waals surface area contributed by atoms with Gasteiger partial charge in [-0.2, -0.15) is 13.2 Å². The van der Waals surface area contributed by atoms with Gasteiger partial charge in [-0.3, -0.25) is 9.59 Å². The molecule has 268 valence electrons. The van der Waals surface area contributed by atoms with E-state index >= 15 is 0 Å². The van der Waals surface area contributed by atoms with Gasteiger partial charge in [0, 0.05) is 35.7 Å². The standard InChI is InChI=1S/C39H39F3N2O6S/c1-48-33-9-2-3-10-35(33)51-24-31-21-34(28-13-11-25(23-45)12-14-28)50-37(49-31)29-17-15-27(16-18-29)30-7-4-6-26(20-30)22-43-36(46)32-8-5-19-44(32)38(47)39(40,41)42/h2-4,6-7,9-18,20,31-32,34,37,45H,5,8,19,21-24H2,1H3,(H,43,46)/t31-,32-,34+,37+/m0/s1. The molecular formula is C39H39F3N2O6S. The van der Waals surface area contributed by atoms with Crippen molar-refractivity contribution in [3.8, 4) is 16.9 Å². The number of nitrogens with one attached hydrogen (secondary N) is 1. The van der Waals surface area contributed by atoms with E-state index in [0.29, 0.717) is 23.5 Å². The Labute approximate surface area is 298 Å². The second-order valence-electron chi connectivity index (χ2n) is 12.5. The Balaban J connectivity index is 1.13. The molecule has 4 aromatic rings. The quantitative estimate of drug-likeness (QED) is 0.156. The predicted octanol–water partition coefficient (Wildman–Crippen LogP) is 7.36. The lowest BCUT2D eigenvalue weighted by Gasteiger charge is -2.36. The zero-order valence-corrected chi connectivity index (χ0v) is 28.8. The first kappa shape index (κ1) is 36.4. The van der Waals surface area contributed by atoms with E-state index in [9.17, 15) is 27.9 Å². The summed E-state index contributed by atoms with van der Waals surface area (Å²) in [6.07, 6.45) is -4.83. The van der Waals surface area contributed by atoms with E-state index < -0.39 is 30.3 Å². The molecule has 2 heterocycles. The lowest BCUT2D eigenvalue weighted by molar-refractivity contribution is -0.245. The molecule has 6 rings (SSSR count). The Morgan fingerprint density at radius 3 is 2.39 bits per heavy atom. The summed E-state index contributed by atoms with van der Waals surface area (Å²) in [7, 11) is 1.66. The molecule has 4 atom stereocenters. The van der Waals surface area contributed by atoms with Crippen molar-refractivity contribution in [2.24, 2.45) is 0 Å². The molecule has 4 aromatic carbocycles. The van der Waals surface area contributed by atoms with Crippen molar-refractivity contribution in [1.29, 1.82) is 0 Å². The van der Waals surface area contributed by atoms with Gasteiger partial charge in [0.15, 0.2) is 6.29 Å². The van der Waals surface area contributed by atoms with Gasteiger partial charge in [-0.15, -0.1) is 11.8 Å². The Morgan fingerprint density at radius 1 is 0.922 bits per heavy atom. The van der Waals surface area contributed by atoms with Gasteiger partial charge < -0.3 is 29.5 Å². The number of carbonyl (C=O) groups excluding carboxylic acids is 2. The van der Waals surface area contributed by atoms with Crippen LogP contribution in [0.15, 0.2) is 102 Å². The zero-order valence-electron chi connectivity index (χ0n) is 28.0. The van der Waals surface area contributed by atoms with Crippen LogP contribution in [0.4, 0.5) is 13.2 Å². The molecule has 8 nitrogen and oxygen atoms in total. The summed E-state index contributed by atoms with van der Waals surface area (Å²) >= 11 is 1.67. The predicted molar refractivity (Wildman–Crippen MR) is 187 cm³/mol.